The summed E-state index contributed by atoms with van der Waals surface area (Å²) in [5.41, 5.74) is 1.24. The third-order valence-corrected chi connectivity index (χ3v) is 8.76. The minimum absolute atomic E-state index is 0.0621. The Morgan fingerprint density at radius 1 is 0.969 bits per heavy atom. The Labute approximate surface area is 200 Å². The number of amides is 1. The van der Waals surface area contributed by atoms with Crippen LogP contribution in [0.15, 0.2) is 54.6 Å². The summed E-state index contributed by atoms with van der Waals surface area (Å²) in [5, 5.41) is 0.746. The third-order valence-electron chi connectivity index (χ3n) is 7.60. The topological polar surface area (TPSA) is 29.5 Å². The molecular weight excluding hydrogens is 438 g/mol. The first-order valence-corrected chi connectivity index (χ1v) is 13.4. The molecule has 0 N–H and O–H groups in total. The van der Waals surface area contributed by atoms with Crippen LogP contribution in [0, 0.1) is 17.8 Å². The van der Waals surface area contributed by atoms with Crippen molar-refractivity contribution in [3.05, 3.63) is 65.2 Å². The van der Waals surface area contributed by atoms with Gasteiger partial charge in [-0.25, -0.2) is 0 Å². The van der Waals surface area contributed by atoms with Crippen LogP contribution >= 0.6 is 23.4 Å². The number of halogens is 1. The summed E-state index contributed by atoms with van der Waals surface area (Å²) in [4.78, 5) is 15.9. The molecule has 0 unspecified atom stereocenters. The van der Waals surface area contributed by atoms with Crippen molar-refractivity contribution in [1.82, 2.24) is 4.90 Å². The van der Waals surface area contributed by atoms with E-state index in [1.165, 1.54) is 44.1 Å². The molecule has 0 aliphatic heterocycles. The Balaban J connectivity index is 1.24. The number of carbonyl (C=O) groups excluding carboxylic acids is 1. The van der Waals surface area contributed by atoms with Gasteiger partial charge in [0.15, 0.2) is 0 Å². The van der Waals surface area contributed by atoms with Gasteiger partial charge in [-0.2, -0.15) is 0 Å². The highest BCUT2D eigenvalue weighted by Gasteiger charge is 2.54. The van der Waals surface area contributed by atoms with Gasteiger partial charge in [-0.05, 0) is 86.1 Å². The first-order chi connectivity index (χ1) is 15.6. The van der Waals surface area contributed by atoms with Gasteiger partial charge in [0.25, 0.3) is 0 Å². The van der Waals surface area contributed by atoms with Crippen LogP contribution in [-0.4, -0.2) is 34.5 Å². The normalized spacial score (nSPS) is 28.0. The Morgan fingerprint density at radius 3 is 2.22 bits per heavy atom. The average molecular weight is 470 g/mol. The highest BCUT2D eigenvalue weighted by molar-refractivity contribution is 7.99. The lowest BCUT2D eigenvalue weighted by molar-refractivity contribution is -0.149. The summed E-state index contributed by atoms with van der Waals surface area (Å²) in [6.07, 6.45) is 7.73. The number of rotatable bonds is 9. The Kier molecular flexibility index (Phi) is 6.71. The van der Waals surface area contributed by atoms with Crippen molar-refractivity contribution in [1.29, 1.82) is 0 Å². The molecule has 3 nitrogen and oxygen atoms in total. The number of thioether (sulfide) groups is 1. The van der Waals surface area contributed by atoms with Crippen molar-refractivity contribution in [2.75, 3.05) is 18.1 Å². The van der Waals surface area contributed by atoms with E-state index in [2.05, 4.69) is 17.0 Å². The predicted octanol–water partition coefficient (Wildman–Crippen LogP) is 6.45. The minimum Gasteiger partial charge on any atom is -0.493 e. The zero-order valence-electron chi connectivity index (χ0n) is 18.5. The summed E-state index contributed by atoms with van der Waals surface area (Å²) in [6, 6.07) is 17.9. The molecular formula is C27H32ClNO2S. The fraction of sp³-hybridized carbons (Fsp3) is 0.519. The first kappa shape index (κ1) is 22.2. The lowest BCUT2D eigenvalue weighted by atomic mass is 9.52. The summed E-state index contributed by atoms with van der Waals surface area (Å²) >= 11 is 7.80. The van der Waals surface area contributed by atoms with Crippen LogP contribution < -0.4 is 4.74 Å². The maximum atomic E-state index is 13.6. The fourth-order valence-corrected chi connectivity index (χ4v) is 7.46. The molecule has 0 saturated heterocycles. The Bertz CT molecular complexity index is 882. The van der Waals surface area contributed by atoms with E-state index in [1.54, 1.807) is 11.8 Å². The van der Waals surface area contributed by atoms with Crippen molar-refractivity contribution >= 4 is 29.3 Å². The van der Waals surface area contributed by atoms with Gasteiger partial charge in [-0.3, -0.25) is 4.79 Å². The summed E-state index contributed by atoms with van der Waals surface area (Å²) in [6.45, 7) is 1.32. The molecule has 5 heteroatoms. The van der Waals surface area contributed by atoms with E-state index in [-0.39, 0.29) is 11.4 Å². The lowest BCUT2D eigenvalue weighted by Crippen LogP contribution is -2.61. The number of carbonyl (C=O) groups is 1. The summed E-state index contributed by atoms with van der Waals surface area (Å²) < 4.78 is 5.80. The molecule has 170 valence electrons. The van der Waals surface area contributed by atoms with E-state index in [1.807, 2.05) is 42.5 Å². The van der Waals surface area contributed by atoms with Crippen LogP contribution in [0.25, 0.3) is 0 Å². The largest absolute Gasteiger partial charge is 0.493 e. The van der Waals surface area contributed by atoms with E-state index in [0.29, 0.717) is 18.9 Å². The number of para-hydroxylation sites is 1. The van der Waals surface area contributed by atoms with Crippen molar-refractivity contribution in [2.45, 2.75) is 50.6 Å². The summed E-state index contributed by atoms with van der Waals surface area (Å²) in [7, 11) is 0. The van der Waals surface area contributed by atoms with Crippen LogP contribution in [0.3, 0.4) is 0 Å². The number of hydrogen-bond acceptors (Lipinski definition) is 3. The molecule has 2 aromatic rings. The summed E-state index contributed by atoms with van der Waals surface area (Å²) in [5.74, 6) is 4.95. The monoisotopic (exact) mass is 469 g/mol. The second kappa shape index (κ2) is 9.69. The average Bonchev–Trinajstić information content (AvgIpc) is 2.78. The van der Waals surface area contributed by atoms with Crippen LogP contribution in [0.5, 0.6) is 5.75 Å². The molecule has 2 aromatic carbocycles. The second-order valence-corrected chi connectivity index (χ2v) is 11.5. The number of ether oxygens (including phenoxy) is 1. The molecule has 0 radical (unpaired) electrons. The zero-order valence-corrected chi connectivity index (χ0v) is 20.1. The van der Waals surface area contributed by atoms with Crippen molar-refractivity contribution in [3.63, 3.8) is 0 Å². The standard InChI is InChI=1S/C27H32ClNO2S/c28-24-8-6-20(7-9-24)18-29(27-15-21-12-22(16-27)14-23(13-21)17-27)26(30)19-32-11-10-31-25-4-2-1-3-5-25/h1-9,21-23H,10-19H2. The van der Waals surface area contributed by atoms with Crippen molar-refractivity contribution in [3.8, 4) is 5.75 Å². The van der Waals surface area contributed by atoms with E-state index >= 15 is 0 Å². The smallest absolute Gasteiger partial charge is 0.233 e. The van der Waals surface area contributed by atoms with Crippen LogP contribution in [0.4, 0.5) is 0 Å². The van der Waals surface area contributed by atoms with Crippen molar-refractivity contribution < 1.29 is 9.53 Å². The zero-order chi connectivity index (χ0) is 22.0. The molecule has 32 heavy (non-hydrogen) atoms. The fourth-order valence-electron chi connectivity index (χ4n) is 6.66. The van der Waals surface area contributed by atoms with Crippen LogP contribution in [0.2, 0.25) is 5.02 Å². The van der Waals surface area contributed by atoms with Crippen LogP contribution in [0.1, 0.15) is 44.1 Å². The highest BCUT2D eigenvalue weighted by Crippen LogP contribution is 2.58. The molecule has 4 aliphatic rings. The van der Waals surface area contributed by atoms with Gasteiger partial charge in [0.2, 0.25) is 5.91 Å². The molecule has 4 saturated carbocycles. The molecule has 6 rings (SSSR count). The van der Waals surface area contributed by atoms with Crippen molar-refractivity contribution in [2.24, 2.45) is 17.8 Å². The van der Waals surface area contributed by atoms with Gasteiger partial charge in [0.1, 0.15) is 5.75 Å². The molecule has 4 fully saturated rings. The highest BCUT2D eigenvalue weighted by atomic mass is 35.5. The van der Waals surface area contributed by atoms with E-state index in [9.17, 15) is 4.79 Å². The maximum absolute atomic E-state index is 13.6. The molecule has 0 aromatic heterocycles. The minimum atomic E-state index is 0.0621. The molecule has 1 amide bonds. The lowest BCUT2D eigenvalue weighted by Gasteiger charge is -2.60. The van der Waals surface area contributed by atoms with Gasteiger partial charge in [0.05, 0.1) is 12.4 Å². The van der Waals surface area contributed by atoms with Crippen LogP contribution in [-0.2, 0) is 11.3 Å². The quantitative estimate of drug-likeness (QED) is 0.395. The molecule has 0 heterocycles. The molecule has 0 atom stereocenters. The molecule has 4 aliphatic carbocycles. The molecule has 0 spiro atoms. The van der Waals surface area contributed by atoms with Gasteiger partial charge >= 0.3 is 0 Å². The maximum Gasteiger partial charge on any atom is 0.233 e. The number of benzene rings is 2. The number of nitrogens with zero attached hydrogens (tertiary/aromatic N) is 1. The van der Waals surface area contributed by atoms with E-state index < -0.39 is 0 Å². The van der Waals surface area contributed by atoms with E-state index in [0.717, 1.165) is 34.3 Å². The first-order valence-electron chi connectivity index (χ1n) is 11.9. The van der Waals surface area contributed by atoms with E-state index in [4.69, 9.17) is 16.3 Å². The molecule has 4 bridgehead atoms. The van der Waals surface area contributed by atoms with Gasteiger partial charge in [-0.15, -0.1) is 11.8 Å². The Hall–Kier alpha value is -1.65. The van der Waals surface area contributed by atoms with Gasteiger partial charge in [0, 0.05) is 22.9 Å². The SMILES string of the molecule is O=C(CSCCOc1ccccc1)N(Cc1ccc(Cl)cc1)C12CC3CC(CC(C3)C1)C2. The van der Waals surface area contributed by atoms with Gasteiger partial charge in [-0.1, -0.05) is 41.9 Å². The second-order valence-electron chi connectivity index (χ2n) is 9.96. The van der Waals surface area contributed by atoms with Gasteiger partial charge < -0.3 is 9.64 Å². The predicted molar refractivity (Wildman–Crippen MR) is 132 cm³/mol. The number of hydrogen-bond donors (Lipinski definition) is 0. The third kappa shape index (κ3) is 4.97. The Morgan fingerprint density at radius 2 is 1.59 bits per heavy atom.